The van der Waals surface area contributed by atoms with Crippen LogP contribution in [0, 0.1) is 6.92 Å². The summed E-state index contributed by atoms with van der Waals surface area (Å²) in [5.41, 5.74) is 0.510. The summed E-state index contributed by atoms with van der Waals surface area (Å²) < 4.78 is 1.45. The molecule has 0 aliphatic carbocycles. The highest BCUT2D eigenvalue weighted by Gasteiger charge is 2.18. The van der Waals surface area contributed by atoms with E-state index in [1.54, 1.807) is 6.92 Å². The van der Waals surface area contributed by atoms with Crippen molar-refractivity contribution in [3.8, 4) is 0 Å². The average molecular weight is 264 g/mol. The van der Waals surface area contributed by atoms with E-state index >= 15 is 0 Å². The first kappa shape index (κ1) is 12.5. The average Bonchev–Trinajstić information content (AvgIpc) is 2.67. The highest BCUT2D eigenvalue weighted by Crippen LogP contribution is 2.21. The number of nitrogens with zero attached hydrogens (tertiary/aromatic N) is 2. The molecule has 0 aromatic carbocycles. The number of allylic oxidation sites excluding steroid dienone is 1. The number of aromatic carboxylic acids is 1. The van der Waals surface area contributed by atoms with Crippen LogP contribution >= 0.6 is 11.3 Å². The minimum absolute atomic E-state index is 0.0166. The van der Waals surface area contributed by atoms with Gasteiger partial charge in [-0.2, -0.15) is 0 Å². The second-order valence-electron chi connectivity index (χ2n) is 4.14. The smallest absolute Gasteiger partial charge is 0.337 e. The summed E-state index contributed by atoms with van der Waals surface area (Å²) >= 11 is 1.17. The third-order valence-corrected chi connectivity index (χ3v) is 3.42. The Bertz CT molecular complexity index is 712. The molecular formula is C12H12N2O3S. The van der Waals surface area contributed by atoms with Gasteiger partial charge >= 0.3 is 5.97 Å². The lowest BCUT2D eigenvalue weighted by atomic mass is 10.2. The van der Waals surface area contributed by atoms with Crippen molar-refractivity contribution >= 4 is 27.5 Å². The molecule has 0 bridgehead atoms. The number of fused-ring (bicyclic) bond motifs is 1. The van der Waals surface area contributed by atoms with Gasteiger partial charge in [0, 0.05) is 11.9 Å². The molecule has 18 heavy (non-hydrogen) atoms. The lowest BCUT2D eigenvalue weighted by molar-refractivity contribution is 0.0699. The van der Waals surface area contributed by atoms with Crippen molar-refractivity contribution in [2.75, 3.05) is 0 Å². The molecule has 2 aromatic rings. The second kappa shape index (κ2) is 4.38. The maximum atomic E-state index is 12.3. The van der Waals surface area contributed by atoms with E-state index < -0.39 is 5.97 Å². The maximum Gasteiger partial charge on any atom is 0.337 e. The van der Waals surface area contributed by atoms with Crippen molar-refractivity contribution < 1.29 is 9.90 Å². The molecule has 0 atom stereocenters. The van der Waals surface area contributed by atoms with Crippen LogP contribution in [0.3, 0.4) is 0 Å². The minimum Gasteiger partial charge on any atom is -0.478 e. The Morgan fingerprint density at radius 2 is 2.28 bits per heavy atom. The SMILES string of the molecule is C=C(C)Cn1c(C)nc2scc(C(=O)O)c2c1=O. The fourth-order valence-electron chi connectivity index (χ4n) is 1.74. The Kier molecular flexibility index (Phi) is 3.04. The lowest BCUT2D eigenvalue weighted by Crippen LogP contribution is -2.24. The van der Waals surface area contributed by atoms with Crippen LogP contribution in [0.15, 0.2) is 22.3 Å². The second-order valence-corrected chi connectivity index (χ2v) is 5.00. The Morgan fingerprint density at radius 3 is 2.83 bits per heavy atom. The number of rotatable bonds is 3. The summed E-state index contributed by atoms with van der Waals surface area (Å²) in [6.07, 6.45) is 0. The third-order valence-electron chi connectivity index (χ3n) is 2.54. The number of hydrogen-bond donors (Lipinski definition) is 1. The van der Waals surface area contributed by atoms with Crippen molar-refractivity contribution in [2.24, 2.45) is 0 Å². The normalized spacial score (nSPS) is 10.8. The summed E-state index contributed by atoms with van der Waals surface area (Å²) in [6, 6.07) is 0. The molecule has 0 spiro atoms. The molecule has 94 valence electrons. The number of aryl methyl sites for hydroxylation is 1. The molecular weight excluding hydrogens is 252 g/mol. The molecule has 0 radical (unpaired) electrons. The molecule has 0 fully saturated rings. The largest absolute Gasteiger partial charge is 0.478 e. The van der Waals surface area contributed by atoms with Crippen molar-refractivity contribution in [1.82, 2.24) is 9.55 Å². The van der Waals surface area contributed by atoms with Crippen LogP contribution in [0.5, 0.6) is 0 Å². The number of carbonyl (C=O) groups is 1. The Labute approximate surface area is 107 Å². The zero-order chi connectivity index (χ0) is 13.4. The maximum absolute atomic E-state index is 12.3. The number of carboxylic acid groups (broad SMARTS) is 1. The molecule has 0 amide bonds. The summed E-state index contributed by atoms with van der Waals surface area (Å²) in [7, 11) is 0. The molecule has 0 unspecified atom stereocenters. The van der Waals surface area contributed by atoms with Crippen LogP contribution in [0.25, 0.3) is 10.2 Å². The van der Waals surface area contributed by atoms with Crippen molar-refractivity contribution in [3.63, 3.8) is 0 Å². The van der Waals surface area contributed by atoms with Crippen LogP contribution < -0.4 is 5.56 Å². The Hall–Kier alpha value is -1.95. The van der Waals surface area contributed by atoms with Gasteiger partial charge in [-0.25, -0.2) is 9.78 Å². The predicted molar refractivity (Wildman–Crippen MR) is 70.4 cm³/mol. The number of hydrogen-bond acceptors (Lipinski definition) is 4. The first-order valence-electron chi connectivity index (χ1n) is 5.28. The van der Waals surface area contributed by atoms with Crippen molar-refractivity contribution in [3.05, 3.63) is 39.3 Å². The topological polar surface area (TPSA) is 72.2 Å². The first-order chi connectivity index (χ1) is 8.41. The molecule has 0 saturated heterocycles. The summed E-state index contributed by atoms with van der Waals surface area (Å²) in [5.74, 6) is -0.542. The predicted octanol–water partition coefficient (Wildman–Crippen LogP) is 2.04. The van der Waals surface area contributed by atoms with Gasteiger partial charge in [0.2, 0.25) is 0 Å². The standard InChI is InChI=1S/C12H12N2O3S/c1-6(2)4-14-7(3)13-10-9(11(14)15)8(5-18-10)12(16)17/h5H,1,4H2,2-3H3,(H,16,17). The molecule has 2 aromatic heterocycles. The van der Waals surface area contributed by atoms with E-state index in [-0.39, 0.29) is 16.5 Å². The first-order valence-corrected chi connectivity index (χ1v) is 6.16. The van der Waals surface area contributed by atoms with E-state index in [0.717, 1.165) is 5.57 Å². The van der Waals surface area contributed by atoms with Crippen LogP contribution in [0.2, 0.25) is 0 Å². The van der Waals surface area contributed by atoms with E-state index in [0.29, 0.717) is 17.2 Å². The van der Waals surface area contributed by atoms with Gasteiger partial charge in [-0.3, -0.25) is 9.36 Å². The zero-order valence-electron chi connectivity index (χ0n) is 10.1. The fourth-order valence-corrected chi connectivity index (χ4v) is 2.69. The monoisotopic (exact) mass is 264 g/mol. The van der Waals surface area contributed by atoms with E-state index in [1.165, 1.54) is 21.3 Å². The van der Waals surface area contributed by atoms with Gasteiger partial charge in [-0.15, -0.1) is 11.3 Å². The van der Waals surface area contributed by atoms with Gasteiger partial charge in [0.15, 0.2) is 0 Å². The van der Waals surface area contributed by atoms with E-state index in [9.17, 15) is 9.59 Å². The van der Waals surface area contributed by atoms with Gasteiger partial charge in [-0.1, -0.05) is 12.2 Å². The molecule has 6 heteroatoms. The van der Waals surface area contributed by atoms with E-state index in [1.807, 2.05) is 6.92 Å². The Morgan fingerprint density at radius 1 is 1.61 bits per heavy atom. The molecule has 0 saturated carbocycles. The summed E-state index contributed by atoms with van der Waals surface area (Å²) in [5, 5.41) is 10.7. The number of aromatic nitrogens is 2. The molecule has 0 aliphatic heterocycles. The summed E-state index contributed by atoms with van der Waals surface area (Å²) in [6.45, 7) is 7.64. The molecule has 5 nitrogen and oxygen atoms in total. The highest BCUT2D eigenvalue weighted by molar-refractivity contribution is 7.17. The quantitative estimate of drug-likeness (QED) is 0.861. The van der Waals surface area contributed by atoms with Gasteiger partial charge in [0.05, 0.1) is 10.9 Å². The van der Waals surface area contributed by atoms with Crippen LogP contribution in [0.1, 0.15) is 23.1 Å². The van der Waals surface area contributed by atoms with Crippen molar-refractivity contribution in [2.45, 2.75) is 20.4 Å². The van der Waals surface area contributed by atoms with Gasteiger partial charge in [-0.05, 0) is 13.8 Å². The Balaban J connectivity index is 2.81. The van der Waals surface area contributed by atoms with Gasteiger partial charge < -0.3 is 5.11 Å². The lowest BCUT2D eigenvalue weighted by Gasteiger charge is -2.09. The fraction of sp³-hybridized carbons (Fsp3) is 0.250. The highest BCUT2D eigenvalue weighted by atomic mass is 32.1. The molecule has 2 heterocycles. The van der Waals surface area contributed by atoms with Gasteiger partial charge in [0.1, 0.15) is 10.7 Å². The third kappa shape index (κ3) is 1.95. The summed E-state index contributed by atoms with van der Waals surface area (Å²) in [4.78, 5) is 28.1. The van der Waals surface area contributed by atoms with E-state index in [2.05, 4.69) is 11.6 Å². The molecule has 2 rings (SSSR count). The van der Waals surface area contributed by atoms with E-state index in [4.69, 9.17) is 5.11 Å². The van der Waals surface area contributed by atoms with Crippen LogP contribution in [0.4, 0.5) is 0 Å². The zero-order valence-corrected chi connectivity index (χ0v) is 10.9. The molecule has 1 N–H and O–H groups in total. The van der Waals surface area contributed by atoms with Gasteiger partial charge in [0.25, 0.3) is 5.56 Å². The molecule has 0 aliphatic rings. The van der Waals surface area contributed by atoms with Crippen LogP contribution in [-0.4, -0.2) is 20.6 Å². The minimum atomic E-state index is -1.11. The number of carboxylic acids is 1. The van der Waals surface area contributed by atoms with Crippen LogP contribution in [-0.2, 0) is 6.54 Å². The van der Waals surface area contributed by atoms with Crippen molar-refractivity contribution in [1.29, 1.82) is 0 Å². The number of thiophene rings is 1.